The molecule has 0 unspecified atom stereocenters. The first-order valence-electron chi connectivity index (χ1n) is 10.1. The molecule has 7 nitrogen and oxygen atoms in total. The van der Waals surface area contributed by atoms with E-state index in [2.05, 4.69) is 5.32 Å². The zero-order valence-electron chi connectivity index (χ0n) is 16.1. The summed E-state index contributed by atoms with van der Waals surface area (Å²) in [5, 5.41) is 2.42. The van der Waals surface area contributed by atoms with Gasteiger partial charge in [-0.25, -0.2) is 9.59 Å². The maximum Gasteiger partial charge on any atom is 0.329 e. The highest BCUT2D eigenvalue weighted by Crippen LogP contribution is 2.35. The lowest BCUT2D eigenvalue weighted by Gasteiger charge is -2.44. The molecule has 7 heteroatoms. The van der Waals surface area contributed by atoms with Crippen molar-refractivity contribution in [1.82, 2.24) is 10.2 Å². The van der Waals surface area contributed by atoms with E-state index in [4.69, 9.17) is 10.5 Å². The van der Waals surface area contributed by atoms with Gasteiger partial charge in [-0.3, -0.25) is 4.79 Å². The number of amides is 3. The molecule has 1 saturated heterocycles. The molecule has 1 aromatic rings. The maximum absolute atomic E-state index is 12.7. The van der Waals surface area contributed by atoms with E-state index >= 15 is 0 Å². The van der Waals surface area contributed by atoms with Crippen molar-refractivity contribution in [2.75, 3.05) is 13.2 Å². The van der Waals surface area contributed by atoms with Gasteiger partial charge in [0.15, 0.2) is 6.61 Å². The molecule has 0 spiro atoms. The maximum atomic E-state index is 12.7. The molecule has 28 heavy (non-hydrogen) atoms. The van der Waals surface area contributed by atoms with Crippen LogP contribution in [0.5, 0.6) is 0 Å². The predicted octanol–water partition coefficient (Wildman–Crippen LogP) is 1.99. The van der Waals surface area contributed by atoms with Gasteiger partial charge in [0.05, 0.1) is 0 Å². The Morgan fingerprint density at radius 1 is 1.11 bits per heavy atom. The van der Waals surface area contributed by atoms with Crippen molar-refractivity contribution in [1.29, 1.82) is 0 Å². The van der Waals surface area contributed by atoms with E-state index in [-0.39, 0.29) is 25.0 Å². The quantitative estimate of drug-likeness (QED) is 0.729. The molecule has 3 atom stereocenters. The Kier molecular flexibility index (Phi) is 6.90. The second kappa shape index (κ2) is 9.57. The number of carbonyl (C=O) groups is 3. The van der Waals surface area contributed by atoms with Gasteiger partial charge in [-0.05, 0) is 37.2 Å². The summed E-state index contributed by atoms with van der Waals surface area (Å²) >= 11 is 0. The monoisotopic (exact) mass is 387 g/mol. The number of carbonyl (C=O) groups excluding carboxylic acids is 3. The van der Waals surface area contributed by atoms with Crippen LogP contribution in [-0.2, 0) is 20.7 Å². The van der Waals surface area contributed by atoms with Gasteiger partial charge in [-0.2, -0.15) is 0 Å². The molecule has 0 bridgehead atoms. The molecule has 1 aliphatic heterocycles. The number of fused-ring (bicyclic) bond motifs is 1. The van der Waals surface area contributed by atoms with Crippen LogP contribution >= 0.6 is 0 Å². The number of nitrogens with zero attached hydrogens (tertiary/aromatic N) is 1. The van der Waals surface area contributed by atoms with Crippen LogP contribution in [-0.4, -0.2) is 48.0 Å². The van der Waals surface area contributed by atoms with E-state index in [9.17, 15) is 14.4 Å². The van der Waals surface area contributed by atoms with Crippen LogP contribution in [0.2, 0.25) is 0 Å². The summed E-state index contributed by atoms with van der Waals surface area (Å²) in [6, 6.07) is 7.83. The van der Waals surface area contributed by atoms with Gasteiger partial charge in [0.25, 0.3) is 5.91 Å². The summed E-state index contributed by atoms with van der Waals surface area (Å²) in [4.78, 5) is 38.4. The van der Waals surface area contributed by atoms with E-state index in [1.165, 1.54) is 19.3 Å². The fraction of sp³-hybridized carbons (Fsp3) is 0.571. The van der Waals surface area contributed by atoms with Gasteiger partial charge < -0.3 is 20.7 Å². The molecule has 3 N–H and O–H groups in total. The largest absolute Gasteiger partial charge is 0.454 e. The predicted molar refractivity (Wildman–Crippen MR) is 104 cm³/mol. The first-order valence-corrected chi connectivity index (χ1v) is 10.1. The summed E-state index contributed by atoms with van der Waals surface area (Å²) in [6.07, 6.45) is 7.02. The molecule has 1 heterocycles. The smallest absolute Gasteiger partial charge is 0.329 e. The van der Waals surface area contributed by atoms with Crippen LogP contribution in [0.3, 0.4) is 0 Å². The standard InChI is InChI=1S/C21H29N3O4/c22-21(27)23-17(13-15-7-2-1-3-8-15)20(26)28-14-19(25)24-12-6-10-16-9-4-5-11-18(16)24/h1-3,7-8,16-18H,4-6,9-14H2,(H3,22,23,27)/t16-,17+,18-/m1/s1. The van der Waals surface area contributed by atoms with Crippen molar-refractivity contribution in [2.24, 2.45) is 11.7 Å². The van der Waals surface area contributed by atoms with Crippen LogP contribution < -0.4 is 11.1 Å². The first kappa shape index (κ1) is 20.2. The molecule has 3 amide bonds. The summed E-state index contributed by atoms with van der Waals surface area (Å²) in [6.45, 7) is 0.429. The Morgan fingerprint density at radius 2 is 1.82 bits per heavy atom. The topological polar surface area (TPSA) is 102 Å². The number of esters is 1. The number of hydrogen-bond donors (Lipinski definition) is 2. The Morgan fingerprint density at radius 3 is 2.57 bits per heavy atom. The van der Waals surface area contributed by atoms with E-state index < -0.39 is 18.0 Å². The van der Waals surface area contributed by atoms with Crippen molar-refractivity contribution in [2.45, 2.75) is 57.0 Å². The zero-order chi connectivity index (χ0) is 19.9. The lowest BCUT2D eigenvalue weighted by molar-refractivity contribution is -0.156. The van der Waals surface area contributed by atoms with Crippen molar-refractivity contribution in [3.63, 3.8) is 0 Å². The number of urea groups is 1. The average molecular weight is 387 g/mol. The number of rotatable bonds is 6. The number of hydrogen-bond acceptors (Lipinski definition) is 4. The molecule has 2 aliphatic rings. The second-order valence-corrected chi connectivity index (χ2v) is 7.70. The minimum atomic E-state index is -0.920. The fourth-order valence-corrected chi connectivity index (χ4v) is 4.47. The van der Waals surface area contributed by atoms with Crippen LogP contribution in [0.15, 0.2) is 30.3 Å². The molecule has 0 radical (unpaired) electrons. The summed E-state index contributed by atoms with van der Waals surface area (Å²) in [5.74, 6) is -0.222. The van der Waals surface area contributed by atoms with E-state index in [0.29, 0.717) is 5.92 Å². The highest BCUT2D eigenvalue weighted by atomic mass is 16.5. The lowest BCUT2D eigenvalue weighted by atomic mass is 9.78. The van der Waals surface area contributed by atoms with E-state index in [1.54, 1.807) is 0 Å². The van der Waals surface area contributed by atoms with E-state index in [0.717, 1.165) is 31.4 Å². The van der Waals surface area contributed by atoms with Crippen molar-refractivity contribution in [3.8, 4) is 0 Å². The molecule has 3 rings (SSSR count). The van der Waals surface area contributed by atoms with Crippen molar-refractivity contribution in [3.05, 3.63) is 35.9 Å². The third kappa shape index (κ3) is 5.24. The lowest BCUT2D eigenvalue weighted by Crippen LogP contribution is -2.51. The molecule has 2 fully saturated rings. The highest BCUT2D eigenvalue weighted by molar-refractivity contribution is 5.85. The van der Waals surface area contributed by atoms with Crippen LogP contribution in [0, 0.1) is 5.92 Å². The summed E-state index contributed by atoms with van der Waals surface area (Å²) in [7, 11) is 0. The van der Waals surface area contributed by atoms with Gasteiger partial charge in [-0.15, -0.1) is 0 Å². The fourth-order valence-electron chi connectivity index (χ4n) is 4.47. The van der Waals surface area contributed by atoms with Gasteiger partial charge in [0, 0.05) is 19.0 Å². The van der Waals surface area contributed by atoms with Crippen LogP contribution in [0.1, 0.15) is 44.1 Å². The SMILES string of the molecule is NC(=O)N[C@@H](Cc1ccccc1)C(=O)OCC(=O)N1CCC[C@H]2CCCC[C@H]21. The minimum absolute atomic E-state index is 0.150. The summed E-state index contributed by atoms with van der Waals surface area (Å²) < 4.78 is 5.27. The number of ether oxygens (including phenoxy) is 1. The Bertz CT molecular complexity index is 692. The third-order valence-electron chi connectivity index (χ3n) is 5.79. The third-order valence-corrected chi connectivity index (χ3v) is 5.79. The number of piperidine rings is 1. The average Bonchev–Trinajstić information content (AvgIpc) is 2.71. The molecule has 152 valence electrons. The number of nitrogens with one attached hydrogen (secondary N) is 1. The molecule has 1 saturated carbocycles. The number of likely N-dealkylation sites (tertiary alicyclic amines) is 1. The Balaban J connectivity index is 1.56. The number of nitrogens with two attached hydrogens (primary N) is 1. The van der Waals surface area contributed by atoms with Gasteiger partial charge in [0.2, 0.25) is 0 Å². The van der Waals surface area contributed by atoms with Crippen molar-refractivity contribution < 1.29 is 19.1 Å². The highest BCUT2D eigenvalue weighted by Gasteiger charge is 2.36. The molecule has 1 aromatic carbocycles. The normalized spacial score (nSPS) is 22.6. The molecular formula is C21H29N3O4. The van der Waals surface area contributed by atoms with Gasteiger partial charge >= 0.3 is 12.0 Å². The number of benzene rings is 1. The van der Waals surface area contributed by atoms with Gasteiger partial charge in [-0.1, -0.05) is 43.2 Å². The van der Waals surface area contributed by atoms with Crippen LogP contribution in [0.4, 0.5) is 4.79 Å². The van der Waals surface area contributed by atoms with Crippen molar-refractivity contribution >= 4 is 17.9 Å². The molecular weight excluding hydrogens is 358 g/mol. The number of primary amides is 1. The Labute approximate surface area is 165 Å². The minimum Gasteiger partial charge on any atom is -0.454 e. The molecule has 0 aromatic heterocycles. The first-order chi connectivity index (χ1) is 13.5. The van der Waals surface area contributed by atoms with Crippen LogP contribution in [0.25, 0.3) is 0 Å². The van der Waals surface area contributed by atoms with Gasteiger partial charge in [0.1, 0.15) is 6.04 Å². The second-order valence-electron chi connectivity index (χ2n) is 7.70. The van der Waals surface area contributed by atoms with E-state index in [1.807, 2.05) is 35.2 Å². The Hall–Kier alpha value is -2.57. The zero-order valence-corrected chi connectivity index (χ0v) is 16.1. The summed E-state index contributed by atoms with van der Waals surface area (Å²) in [5.41, 5.74) is 6.06. The molecule has 1 aliphatic carbocycles.